The highest BCUT2D eigenvalue weighted by Gasteiger charge is 2.60. The van der Waals surface area contributed by atoms with Crippen molar-refractivity contribution >= 4 is 23.6 Å². The first kappa shape index (κ1) is 21.1. The fraction of sp³-hybridized carbons (Fsp3) is 0.750. The third-order valence-corrected chi connectivity index (χ3v) is 5.14. The van der Waals surface area contributed by atoms with Crippen LogP contribution in [0, 0.1) is 0 Å². The number of β-lactam (4-membered cyclic amide) rings is 1. The van der Waals surface area contributed by atoms with Gasteiger partial charge in [-0.3, -0.25) is 19.2 Å². The second-order valence-electron chi connectivity index (χ2n) is 7.24. The molecule has 2 fully saturated rings. The van der Waals surface area contributed by atoms with Crippen LogP contribution in [0.2, 0.25) is 0 Å². The highest BCUT2D eigenvalue weighted by atomic mass is 16.3. The van der Waals surface area contributed by atoms with Crippen molar-refractivity contribution in [3.8, 4) is 0 Å². The van der Waals surface area contributed by atoms with E-state index >= 15 is 0 Å². The molecule has 2 heterocycles. The predicted octanol–water partition coefficient (Wildman–Crippen LogP) is -3.75. The number of aliphatic hydroxyl groups excluding tert-OH is 2. The fourth-order valence-electron chi connectivity index (χ4n) is 3.58. The molecule has 152 valence electrons. The van der Waals surface area contributed by atoms with Crippen LogP contribution in [0.4, 0.5) is 0 Å². The summed E-state index contributed by atoms with van der Waals surface area (Å²) in [4.78, 5) is 51.1. The van der Waals surface area contributed by atoms with Gasteiger partial charge in [0.15, 0.2) is 0 Å². The molecule has 5 atom stereocenters. The van der Waals surface area contributed by atoms with Crippen molar-refractivity contribution in [2.45, 2.75) is 56.5 Å². The lowest BCUT2D eigenvalue weighted by Gasteiger charge is -2.51. The molecule has 2 aliphatic heterocycles. The summed E-state index contributed by atoms with van der Waals surface area (Å²) in [5.74, 6) is -2.40. The molecule has 4 amide bonds. The average molecular weight is 385 g/mol. The lowest BCUT2D eigenvalue weighted by Crippen LogP contribution is -2.75. The van der Waals surface area contributed by atoms with Crippen molar-refractivity contribution in [1.82, 2.24) is 15.1 Å². The van der Waals surface area contributed by atoms with E-state index in [1.54, 1.807) is 0 Å². The van der Waals surface area contributed by atoms with E-state index in [2.05, 4.69) is 5.32 Å². The van der Waals surface area contributed by atoms with E-state index in [0.717, 1.165) is 0 Å². The van der Waals surface area contributed by atoms with Crippen molar-refractivity contribution in [1.29, 1.82) is 0 Å². The van der Waals surface area contributed by atoms with Crippen LogP contribution >= 0.6 is 0 Å². The second-order valence-corrected chi connectivity index (χ2v) is 7.24. The van der Waals surface area contributed by atoms with Gasteiger partial charge in [0.1, 0.15) is 17.6 Å². The minimum atomic E-state index is -1.25. The van der Waals surface area contributed by atoms with Crippen molar-refractivity contribution < 1.29 is 29.4 Å². The van der Waals surface area contributed by atoms with E-state index in [4.69, 9.17) is 11.5 Å². The molecule has 2 rings (SSSR count). The minimum absolute atomic E-state index is 0.160. The van der Waals surface area contributed by atoms with Gasteiger partial charge in [0.05, 0.1) is 25.3 Å². The van der Waals surface area contributed by atoms with E-state index in [9.17, 15) is 29.4 Å². The van der Waals surface area contributed by atoms with E-state index in [1.165, 1.54) is 23.6 Å². The number of carbonyl (C=O) groups is 4. The second kappa shape index (κ2) is 7.79. The average Bonchev–Trinajstić information content (AvgIpc) is 3.03. The molecule has 0 bridgehead atoms. The van der Waals surface area contributed by atoms with Gasteiger partial charge in [0, 0.05) is 6.54 Å². The lowest BCUT2D eigenvalue weighted by atomic mass is 9.85. The summed E-state index contributed by atoms with van der Waals surface area (Å²) in [6, 6.07) is -2.37. The number of primary amides is 1. The van der Waals surface area contributed by atoms with Gasteiger partial charge in [-0.15, -0.1) is 0 Å². The van der Waals surface area contributed by atoms with Crippen LogP contribution in [0.15, 0.2) is 0 Å². The summed E-state index contributed by atoms with van der Waals surface area (Å²) in [5.41, 5.74) is 9.80. The number of carbonyl (C=O) groups excluding carboxylic acids is 4. The molecule has 11 nitrogen and oxygen atoms in total. The fourth-order valence-corrected chi connectivity index (χ4v) is 3.58. The number of aliphatic hydroxyl groups is 2. The molecule has 7 N–H and O–H groups in total. The Morgan fingerprint density at radius 2 is 1.89 bits per heavy atom. The Morgan fingerprint density at radius 3 is 2.37 bits per heavy atom. The van der Waals surface area contributed by atoms with Crippen LogP contribution in [0.1, 0.15) is 26.7 Å². The van der Waals surface area contributed by atoms with E-state index < -0.39 is 47.6 Å². The Bertz CT molecular complexity index is 639. The Balaban J connectivity index is 2.00. The van der Waals surface area contributed by atoms with E-state index in [1.807, 2.05) is 0 Å². The number of nitrogens with two attached hydrogens (primary N) is 2. The summed E-state index contributed by atoms with van der Waals surface area (Å²) in [5, 5.41) is 21.3. The van der Waals surface area contributed by atoms with Gasteiger partial charge in [-0.25, -0.2) is 0 Å². The number of nitrogens with zero attached hydrogens (tertiary/aromatic N) is 2. The quantitative estimate of drug-likeness (QED) is 0.279. The van der Waals surface area contributed by atoms with Gasteiger partial charge >= 0.3 is 0 Å². The van der Waals surface area contributed by atoms with Crippen LogP contribution in [0.25, 0.3) is 0 Å². The molecular formula is C16H27N5O6. The van der Waals surface area contributed by atoms with Crippen molar-refractivity contribution in [3.63, 3.8) is 0 Å². The number of amides is 4. The van der Waals surface area contributed by atoms with Gasteiger partial charge in [0.2, 0.25) is 17.7 Å². The normalized spacial score (nSPS) is 26.3. The van der Waals surface area contributed by atoms with Gasteiger partial charge in [-0.05, 0) is 26.7 Å². The first-order valence-corrected chi connectivity index (χ1v) is 8.82. The highest BCUT2D eigenvalue weighted by Crippen LogP contribution is 2.39. The largest absolute Gasteiger partial charge is 0.391 e. The first-order valence-electron chi connectivity index (χ1n) is 8.82. The van der Waals surface area contributed by atoms with Crippen molar-refractivity contribution in [3.05, 3.63) is 0 Å². The van der Waals surface area contributed by atoms with Crippen molar-refractivity contribution in [2.75, 3.05) is 19.6 Å². The van der Waals surface area contributed by atoms with Gasteiger partial charge < -0.3 is 36.8 Å². The molecule has 0 aromatic heterocycles. The van der Waals surface area contributed by atoms with Crippen LogP contribution in [-0.2, 0) is 19.2 Å². The zero-order valence-corrected chi connectivity index (χ0v) is 15.4. The summed E-state index contributed by atoms with van der Waals surface area (Å²) >= 11 is 0. The third kappa shape index (κ3) is 3.89. The Labute approximate surface area is 156 Å². The van der Waals surface area contributed by atoms with Crippen LogP contribution in [0.5, 0.6) is 0 Å². The van der Waals surface area contributed by atoms with Gasteiger partial charge in [0.25, 0.3) is 5.91 Å². The van der Waals surface area contributed by atoms with E-state index in [-0.39, 0.29) is 19.0 Å². The molecule has 0 aromatic carbocycles. The lowest BCUT2D eigenvalue weighted by molar-refractivity contribution is -0.170. The maximum Gasteiger partial charge on any atom is 0.250 e. The van der Waals surface area contributed by atoms with Crippen LogP contribution in [-0.4, -0.2) is 93.1 Å². The third-order valence-electron chi connectivity index (χ3n) is 5.14. The molecule has 5 unspecified atom stereocenters. The molecule has 0 radical (unpaired) electrons. The zero-order valence-electron chi connectivity index (χ0n) is 15.4. The van der Waals surface area contributed by atoms with Crippen LogP contribution < -0.4 is 16.8 Å². The molecule has 1 spiro atoms. The first-order chi connectivity index (χ1) is 12.5. The van der Waals surface area contributed by atoms with Gasteiger partial charge in [-0.2, -0.15) is 0 Å². The Kier molecular flexibility index (Phi) is 6.07. The van der Waals surface area contributed by atoms with E-state index in [0.29, 0.717) is 19.4 Å². The molecule has 0 aliphatic carbocycles. The maximum absolute atomic E-state index is 12.7. The monoisotopic (exact) mass is 385 g/mol. The summed E-state index contributed by atoms with van der Waals surface area (Å²) in [6.45, 7) is 2.92. The summed E-state index contributed by atoms with van der Waals surface area (Å²) in [7, 11) is 0. The summed E-state index contributed by atoms with van der Waals surface area (Å²) in [6.07, 6.45) is -1.14. The Morgan fingerprint density at radius 1 is 1.26 bits per heavy atom. The predicted molar refractivity (Wildman–Crippen MR) is 92.7 cm³/mol. The number of likely N-dealkylation sites (tertiary alicyclic amines) is 2. The standard InChI is InChI=1S/C16H27N5O6/c1-8(22)11(17)14(26)21-5-3-4-16(21)7-20(15(16)27)6-10(24)19-12(9(2)23)13(18)25/h8-9,11-12,22-23H,3-7,17H2,1-2H3,(H2,18,25)(H,19,24). The molecule has 27 heavy (non-hydrogen) atoms. The summed E-state index contributed by atoms with van der Waals surface area (Å²) < 4.78 is 0. The zero-order chi connectivity index (χ0) is 20.5. The molecule has 2 aliphatic rings. The van der Waals surface area contributed by atoms with Crippen molar-refractivity contribution in [2.24, 2.45) is 11.5 Å². The molecule has 0 saturated carbocycles. The molecular weight excluding hydrogens is 358 g/mol. The van der Waals surface area contributed by atoms with Gasteiger partial charge in [-0.1, -0.05) is 0 Å². The molecule has 0 aromatic rings. The molecule has 2 saturated heterocycles. The number of hydrogen-bond acceptors (Lipinski definition) is 7. The minimum Gasteiger partial charge on any atom is -0.391 e. The topological polar surface area (TPSA) is 179 Å². The smallest absolute Gasteiger partial charge is 0.250 e. The van der Waals surface area contributed by atoms with Crippen LogP contribution in [0.3, 0.4) is 0 Å². The SMILES string of the molecule is CC(O)C(N)C(=O)N1CCCC12CN(CC(=O)NC(C(N)=O)C(C)O)C2=O. The Hall–Kier alpha value is -2.24. The number of hydrogen-bond donors (Lipinski definition) is 5. The molecule has 11 heteroatoms. The highest BCUT2D eigenvalue weighted by molar-refractivity contribution is 6.00. The maximum atomic E-state index is 12.7. The number of nitrogens with one attached hydrogen (secondary N) is 1. The number of rotatable bonds is 7.